The summed E-state index contributed by atoms with van der Waals surface area (Å²) in [7, 11) is -3.24. The van der Waals surface area contributed by atoms with Gasteiger partial charge in [0.2, 0.25) is 5.91 Å². The molecule has 2 aromatic rings. The molecule has 0 saturated heterocycles. The van der Waals surface area contributed by atoms with Crippen molar-refractivity contribution in [2.75, 3.05) is 6.26 Å². The number of hydrogen-bond donors (Lipinski definition) is 2. The van der Waals surface area contributed by atoms with Crippen LogP contribution in [-0.2, 0) is 31.9 Å². The second kappa shape index (κ2) is 9.26. The zero-order valence-corrected chi connectivity index (χ0v) is 21.4. The molecular weight excluding hydrogens is 422 g/mol. The molecule has 0 aliphatic carbocycles. The molecule has 5 nitrogen and oxygen atoms in total. The van der Waals surface area contributed by atoms with Gasteiger partial charge in [-0.05, 0) is 58.6 Å². The molecule has 1 atom stereocenters. The summed E-state index contributed by atoms with van der Waals surface area (Å²) in [4.78, 5) is 12.9. The van der Waals surface area contributed by atoms with E-state index in [-0.39, 0.29) is 27.7 Å². The molecule has 0 bridgehead atoms. The maximum Gasteiger partial charge on any atom is 0.220 e. The van der Waals surface area contributed by atoms with Crippen molar-refractivity contribution >= 4 is 15.7 Å². The third-order valence-corrected chi connectivity index (χ3v) is 6.74. The number of carbonyl (C=O) groups is 1. The first-order chi connectivity index (χ1) is 14.5. The van der Waals surface area contributed by atoms with Gasteiger partial charge in [-0.1, -0.05) is 65.8 Å². The minimum absolute atomic E-state index is 0.0765. The van der Waals surface area contributed by atoms with E-state index in [4.69, 9.17) is 0 Å². The minimum atomic E-state index is -3.24. The lowest BCUT2D eigenvalue weighted by molar-refractivity contribution is -0.121. The lowest BCUT2D eigenvalue weighted by Crippen LogP contribution is -2.27. The molecule has 0 aromatic heterocycles. The van der Waals surface area contributed by atoms with Crippen LogP contribution < -0.4 is 5.32 Å². The molecule has 32 heavy (non-hydrogen) atoms. The van der Waals surface area contributed by atoms with Gasteiger partial charge in [0, 0.05) is 12.7 Å². The predicted molar refractivity (Wildman–Crippen MR) is 130 cm³/mol. The quantitative estimate of drug-likeness (QED) is 0.622. The van der Waals surface area contributed by atoms with Crippen molar-refractivity contribution in [3.63, 3.8) is 0 Å². The van der Waals surface area contributed by atoms with Crippen molar-refractivity contribution < 1.29 is 18.3 Å². The van der Waals surface area contributed by atoms with Crippen molar-refractivity contribution in [3.05, 3.63) is 58.7 Å². The fraction of sp³-hybridized carbons (Fsp3) is 0.500. The predicted octanol–water partition coefficient (Wildman–Crippen LogP) is 5.20. The smallest absolute Gasteiger partial charge is 0.220 e. The summed E-state index contributed by atoms with van der Waals surface area (Å²) in [5, 5.41) is 13.8. The number of nitrogens with one attached hydrogen (secondary N) is 1. The summed E-state index contributed by atoms with van der Waals surface area (Å²) >= 11 is 0. The molecule has 0 radical (unpaired) electrons. The molecule has 2 N–H and O–H groups in total. The maximum atomic E-state index is 12.6. The van der Waals surface area contributed by atoms with Crippen molar-refractivity contribution in [2.45, 2.75) is 83.1 Å². The molecule has 0 aliphatic rings. The highest BCUT2D eigenvalue weighted by Crippen LogP contribution is 2.40. The minimum Gasteiger partial charge on any atom is -0.507 e. The van der Waals surface area contributed by atoms with E-state index in [0.29, 0.717) is 18.6 Å². The van der Waals surface area contributed by atoms with E-state index in [9.17, 15) is 18.3 Å². The van der Waals surface area contributed by atoms with Gasteiger partial charge >= 0.3 is 0 Å². The largest absolute Gasteiger partial charge is 0.507 e. The SMILES string of the molecule is C[C@H](NC(=O)CCc1cc(C(C)(C)C)c(O)c(C(C)(C)C)c1)c1ccc(S(C)(=O)=O)cc1. The highest BCUT2D eigenvalue weighted by molar-refractivity contribution is 7.90. The Morgan fingerprint density at radius 1 is 0.969 bits per heavy atom. The molecule has 0 spiro atoms. The molecule has 176 valence electrons. The Balaban J connectivity index is 2.13. The van der Waals surface area contributed by atoms with Crippen LogP contribution in [-0.4, -0.2) is 25.7 Å². The van der Waals surface area contributed by atoms with E-state index in [0.717, 1.165) is 22.3 Å². The summed E-state index contributed by atoms with van der Waals surface area (Å²) < 4.78 is 23.2. The van der Waals surface area contributed by atoms with Crippen LogP contribution in [0.4, 0.5) is 0 Å². The number of benzene rings is 2. The van der Waals surface area contributed by atoms with Gasteiger partial charge in [-0.2, -0.15) is 0 Å². The molecule has 0 saturated carbocycles. The molecule has 0 fully saturated rings. The van der Waals surface area contributed by atoms with E-state index in [1.165, 1.54) is 6.26 Å². The van der Waals surface area contributed by atoms with Crippen LogP contribution >= 0.6 is 0 Å². The Labute approximate surface area is 193 Å². The first kappa shape index (κ1) is 25.9. The van der Waals surface area contributed by atoms with Gasteiger partial charge in [0.15, 0.2) is 9.84 Å². The number of aryl methyl sites for hydroxylation is 1. The molecule has 2 rings (SSSR count). The first-order valence-corrected chi connectivity index (χ1v) is 12.9. The summed E-state index contributed by atoms with van der Waals surface area (Å²) in [6, 6.07) is 10.4. The second-order valence-electron chi connectivity index (χ2n) is 10.7. The number of phenolic OH excluding ortho intramolecular Hbond substituents is 1. The van der Waals surface area contributed by atoms with Gasteiger partial charge < -0.3 is 10.4 Å². The summed E-state index contributed by atoms with van der Waals surface area (Å²) in [6.07, 6.45) is 2.06. The van der Waals surface area contributed by atoms with Gasteiger partial charge in [0.05, 0.1) is 10.9 Å². The lowest BCUT2D eigenvalue weighted by Gasteiger charge is -2.28. The van der Waals surface area contributed by atoms with Crippen LogP contribution in [0.1, 0.15) is 83.2 Å². The number of aromatic hydroxyl groups is 1. The average Bonchev–Trinajstić information content (AvgIpc) is 2.64. The molecule has 0 aliphatic heterocycles. The lowest BCUT2D eigenvalue weighted by atomic mass is 9.78. The van der Waals surface area contributed by atoms with Crippen LogP contribution in [0.5, 0.6) is 5.75 Å². The maximum absolute atomic E-state index is 12.6. The topological polar surface area (TPSA) is 83.5 Å². The van der Waals surface area contributed by atoms with E-state index < -0.39 is 9.84 Å². The van der Waals surface area contributed by atoms with Gasteiger partial charge in [-0.15, -0.1) is 0 Å². The molecule has 0 unspecified atom stereocenters. The Kier molecular flexibility index (Phi) is 7.50. The number of hydrogen-bond acceptors (Lipinski definition) is 4. The summed E-state index contributed by atoms with van der Waals surface area (Å²) in [5.74, 6) is 0.261. The van der Waals surface area contributed by atoms with E-state index in [1.807, 2.05) is 19.1 Å². The Morgan fingerprint density at radius 3 is 1.84 bits per heavy atom. The van der Waals surface area contributed by atoms with Gasteiger partial charge in [0.1, 0.15) is 5.75 Å². The van der Waals surface area contributed by atoms with Crippen LogP contribution in [0.15, 0.2) is 41.3 Å². The van der Waals surface area contributed by atoms with Crippen molar-refractivity contribution in [1.82, 2.24) is 5.32 Å². The van der Waals surface area contributed by atoms with Crippen molar-refractivity contribution in [1.29, 1.82) is 0 Å². The van der Waals surface area contributed by atoms with Crippen LogP contribution in [0.25, 0.3) is 0 Å². The standard InChI is InChI=1S/C26H37NO4S/c1-17(19-10-12-20(13-11-19)32(8,30)31)27-23(28)14-9-18-15-21(25(2,3)4)24(29)22(16-18)26(5,6)7/h10-13,15-17,29H,9,14H2,1-8H3,(H,27,28)/t17-/m0/s1. The fourth-order valence-corrected chi connectivity index (χ4v) is 4.27. The third-order valence-electron chi connectivity index (χ3n) is 5.61. The van der Waals surface area contributed by atoms with Crippen LogP contribution in [0.2, 0.25) is 0 Å². The Hall–Kier alpha value is -2.34. The summed E-state index contributed by atoms with van der Waals surface area (Å²) in [6.45, 7) is 14.3. The van der Waals surface area contributed by atoms with E-state index in [1.54, 1.807) is 24.3 Å². The van der Waals surface area contributed by atoms with Crippen LogP contribution in [0.3, 0.4) is 0 Å². The number of rotatable bonds is 6. The second-order valence-corrected chi connectivity index (χ2v) is 12.7. The zero-order chi connectivity index (χ0) is 24.5. The molecule has 2 aromatic carbocycles. The zero-order valence-electron chi connectivity index (χ0n) is 20.5. The number of phenols is 1. The van der Waals surface area contributed by atoms with Crippen LogP contribution in [0, 0.1) is 0 Å². The highest BCUT2D eigenvalue weighted by atomic mass is 32.2. The highest BCUT2D eigenvalue weighted by Gasteiger charge is 2.26. The molecule has 1 amide bonds. The normalized spacial score (nSPS) is 13.6. The Morgan fingerprint density at radius 2 is 1.44 bits per heavy atom. The average molecular weight is 460 g/mol. The van der Waals surface area contributed by atoms with Gasteiger partial charge in [-0.25, -0.2) is 8.42 Å². The fourth-order valence-electron chi connectivity index (χ4n) is 3.64. The third kappa shape index (κ3) is 6.58. The summed E-state index contributed by atoms with van der Waals surface area (Å²) in [5.41, 5.74) is 3.22. The molecular formula is C26H37NO4S. The first-order valence-electron chi connectivity index (χ1n) is 11.0. The Bertz CT molecular complexity index is 1040. The van der Waals surface area contributed by atoms with Gasteiger partial charge in [0.25, 0.3) is 0 Å². The van der Waals surface area contributed by atoms with Crippen molar-refractivity contribution in [2.24, 2.45) is 0 Å². The van der Waals surface area contributed by atoms with Gasteiger partial charge in [-0.3, -0.25) is 4.79 Å². The molecule has 0 heterocycles. The number of sulfone groups is 1. The van der Waals surface area contributed by atoms with E-state index in [2.05, 4.69) is 46.9 Å². The monoisotopic (exact) mass is 459 g/mol. The van der Waals surface area contributed by atoms with Crippen molar-refractivity contribution in [3.8, 4) is 5.75 Å². The van der Waals surface area contributed by atoms with E-state index >= 15 is 0 Å². The number of amides is 1. The number of carbonyl (C=O) groups excluding carboxylic acids is 1. The molecule has 6 heteroatoms.